The van der Waals surface area contributed by atoms with Crippen LogP contribution in [0.25, 0.3) is 6.08 Å². The van der Waals surface area contributed by atoms with Gasteiger partial charge in [0.05, 0.1) is 14.2 Å². The van der Waals surface area contributed by atoms with Crippen molar-refractivity contribution in [3.63, 3.8) is 0 Å². The average Bonchev–Trinajstić information content (AvgIpc) is 2.72. The van der Waals surface area contributed by atoms with E-state index in [1.54, 1.807) is 12.1 Å². The average molecular weight is 434 g/mol. The number of unbranched alkanes of at least 4 members (excludes halogenated alkanes) is 2. The lowest BCUT2D eigenvalue weighted by molar-refractivity contribution is -0.131. The number of benzene rings is 2. The molecule has 0 saturated heterocycles. The van der Waals surface area contributed by atoms with Crippen molar-refractivity contribution in [3.05, 3.63) is 53.6 Å². The first-order valence-corrected chi connectivity index (χ1v) is 11.1. The van der Waals surface area contributed by atoms with Crippen molar-refractivity contribution in [1.82, 2.24) is 0 Å². The number of sulfonamides is 1. The van der Waals surface area contributed by atoms with E-state index in [2.05, 4.69) is 11.6 Å². The summed E-state index contributed by atoms with van der Waals surface area (Å²) in [6.07, 6.45) is 6.54. The van der Waals surface area contributed by atoms with Gasteiger partial charge in [-0.05, 0) is 54.3 Å². The van der Waals surface area contributed by atoms with Gasteiger partial charge >= 0.3 is 5.97 Å². The highest BCUT2D eigenvalue weighted by atomic mass is 32.2. The van der Waals surface area contributed by atoms with Crippen LogP contribution in [0.1, 0.15) is 37.3 Å². The number of ether oxygens (including phenoxy) is 2. The van der Waals surface area contributed by atoms with Crippen LogP contribution in [0.3, 0.4) is 0 Å². The molecule has 0 fully saturated rings. The molecule has 2 N–H and O–H groups in total. The van der Waals surface area contributed by atoms with Crippen molar-refractivity contribution >= 4 is 27.8 Å². The highest BCUT2D eigenvalue weighted by Gasteiger charge is 2.24. The molecular weight excluding hydrogens is 406 g/mol. The molecule has 0 spiro atoms. The summed E-state index contributed by atoms with van der Waals surface area (Å²) in [4.78, 5) is 10.7. The molecule has 0 saturated carbocycles. The molecule has 0 heterocycles. The maximum absolute atomic E-state index is 13.0. The summed E-state index contributed by atoms with van der Waals surface area (Å²) in [5.41, 5.74) is 1.91. The van der Waals surface area contributed by atoms with Gasteiger partial charge in [0.2, 0.25) is 0 Å². The maximum atomic E-state index is 13.0. The van der Waals surface area contributed by atoms with Crippen molar-refractivity contribution in [2.45, 2.75) is 37.5 Å². The Morgan fingerprint density at radius 1 is 1.10 bits per heavy atom. The molecule has 30 heavy (non-hydrogen) atoms. The van der Waals surface area contributed by atoms with E-state index in [9.17, 15) is 13.2 Å². The number of hydrogen-bond donors (Lipinski definition) is 2. The van der Waals surface area contributed by atoms with Gasteiger partial charge in [-0.2, -0.15) is 0 Å². The van der Waals surface area contributed by atoms with Crippen LogP contribution < -0.4 is 14.2 Å². The number of aryl methyl sites for hydroxylation is 1. The minimum absolute atomic E-state index is 0.0358. The van der Waals surface area contributed by atoms with Crippen LogP contribution in [0.5, 0.6) is 11.5 Å². The summed E-state index contributed by atoms with van der Waals surface area (Å²) in [5.74, 6) is -0.934. The van der Waals surface area contributed by atoms with E-state index >= 15 is 0 Å². The Bertz CT molecular complexity index is 997. The predicted molar refractivity (Wildman–Crippen MR) is 117 cm³/mol. The third-order valence-corrected chi connectivity index (χ3v) is 5.84. The monoisotopic (exact) mass is 433 g/mol. The first kappa shape index (κ1) is 23.3. The molecule has 0 aromatic heterocycles. The van der Waals surface area contributed by atoms with Crippen molar-refractivity contribution in [1.29, 1.82) is 0 Å². The number of methoxy groups -OCH3 is 2. The lowest BCUT2D eigenvalue weighted by Gasteiger charge is -2.15. The molecule has 8 heteroatoms. The van der Waals surface area contributed by atoms with Gasteiger partial charge in [0.1, 0.15) is 4.90 Å². The normalized spacial score (nSPS) is 11.4. The molecule has 2 aromatic carbocycles. The molecule has 0 radical (unpaired) electrons. The number of carbonyl (C=O) groups is 1. The van der Waals surface area contributed by atoms with Crippen LogP contribution in [0.2, 0.25) is 0 Å². The zero-order valence-electron chi connectivity index (χ0n) is 17.3. The topological polar surface area (TPSA) is 102 Å². The highest BCUT2D eigenvalue weighted by molar-refractivity contribution is 7.92. The molecule has 0 amide bonds. The molecule has 0 atom stereocenters. The maximum Gasteiger partial charge on any atom is 0.328 e. The molecule has 0 aliphatic carbocycles. The molecule has 162 valence electrons. The first-order chi connectivity index (χ1) is 14.3. The fraction of sp³-hybridized carbons (Fsp3) is 0.318. The summed E-state index contributed by atoms with van der Waals surface area (Å²) in [7, 11) is -1.30. The van der Waals surface area contributed by atoms with Crippen molar-refractivity contribution < 1.29 is 27.8 Å². The summed E-state index contributed by atoms with van der Waals surface area (Å²) < 4.78 is 39.1. The van der Waals surface area contributed by atoms with Gasteiger partial charge in [0.15, 0.2) is 11.5 Å². The van der Waals surface area contributed by atoms with Crippen LogP contribution >= 0.6 is 0 Å². The third-order valence-electron chi connectivity index (χ3n) is 4.45. The number of anilines is 1. The molecule has 0 aliphatic heterocycles. The summed E-state index contributed by atoms with van der Waals surface area (Å²) in [6, 6.07) is 10.1. The fourth-order valence-electron chi connectivity index (χ4n) is 2.94. The largest absolute Gasteiger partial charge is 0.493 e. The van der Waals surface area contributed by atoms with Gasteiger partial charge in [-0.15, -0.1) is 0 Å². The van der Waals surface area contributed by atoms with Crippen LogP contribution in [0, 0.1) is 0 Å². The number of carboxylic acids is 1. The highest BCUT2D eigenvalue weighted by Crippen LogP contribution is 2.37. The number of nitrogens with one attached hydrogen (secondary N) is 1. The lowest BCUT2D eigenvalue weighted by Crippen LogP contribution is -2.15. The number of hydrogen-bond acceptors (Lipinski definition) is 5. The first-order valence-electron chi connectivity index (χ1n) is 9.59. The van der Waals surface area contributed by atoms with Gasteiger partial charge in [0.25, 0.3) is 10.0 Å². The molecule has 0 unspecified atom stereocenters. The predicted octanol–water partition coefficient (Wildman–Crippen LogP) is 4.34. The Balaban J connectivity index is 2.35. The standard InChI is InChI=1S/C22H27NO6S/c1-4-5-6-7-16-8-11-18(12-9-16)23-30(26,27)20-15-17(10-13-21(24)25)14-19(28-2)22(20)29-3/h8-15,23H,4-7H2,1-3H3,(H,24,25)/b13-10+. The molecule has 0 aliphatic rings. The van der Waals surface area contributed by atoms with E-state index in [1.165, 1.54) is 32.4 Å². The Morgan fingerprint density at radius 3 is 2.37 bits per heavy atom. The van der Waals surface area contributed by atoms with Crippen LogP contribution in [0.4, 0.5) is 5.69 Å². The lowest BCUT2D eigenvalue weighted by atomic mass is 10.1. The zero-order chi connectivity index (χ0) is 22.1. The van der Waals surface area contributed by atoms with E-state index in [1.807, 2.05) is 12.1 Å². The van der Waals surface area contributed by atoms with Crippen LogP contribution in [-0.2, 0) is 21.2 Å². The SMILES string of the molecule is CCCCCc1ccc(NS(=O)(=O)c2cc(/C=C/C(=O)O)cc(OC)c2OC)cc1. The van der Waals surface area contributed by atoms with Crippen LogP contribution in [-0.4, -0.2) is 33.7 Å². The van der Waals surface area contributed by atoms with Gasteiger partial charge in [-0.25, -0.2) is 13.2 Å². The molecular formula is C22H27NO6S. The second kappa shape index (κ2) is 10.7. The molecule has 0 bridgehead atoms. The van der Waals surface area contributed by atoms with Crippen LogP contribution in [0.15, 0.2) is 47.4 Å². The Hall–Kier alpha value is -3.00. The summed E-state index contributed by atoms with van der Waals surface area (Å²) in [5, 5.41) is 8.84. The Labute approximate surface area is 177 Å². The molecule has 7 nitrogen and oxygen atoms in total. The minimum atomic E-state index is -4.02. The van der Waals surface area contributed by atoms with E-state index < -0.39 is 16.0 Å². The second-order valence-electron chi connectivity index (χ2n) is 6.69. The number of aliphatic carboxylic acids is 1. The number of carboxylic acid groups (broad SMARTS) is 1. The van der Waals surface area contributed by atoms with Crippen molar-refractivity contribution in [3.8, 4) is 11.5 Å². The fourth-order valence-corrected chi connectivity index (χ4v) is 4.22. The molecule has 2 rings (SSSR count). The third kappa shape index (κ3) is 6.25. The number of rotatable bonds is 11. The van der Waals surface area contributed by atoms with E-state index in [4.69, 9.17) is 14.6 Å². The summed E-state index contributed by atoms with van der Waals surface area (Å²) >= 11 is 0. The molecule has 2 aromatic rings. The second-order valence-corrected chi connectivity index (χ2v) is 8.34. The van der Waals surface area contributed by atoms with E-state index in [-0.39, 0.29) is 16.4 Å². The Morgan fingerprint density at radius 2 is 1.80 bits per heavy atom. The quantitative estimate of drug-likeness (QED) is 0.404. The van der Waals surface area contributed by atoms with Crippen molar-refractivity contribution in [2.24, 2.45) is 0 Å². The Kier molecular flexibility index (Phi) is 8.29. The zero-order valence-corrected chi connectivity index (χ0v) is 18.2. The smallest absolute Gasteiger partial charge is 0.328 e. The minimum Gasteiger partial charge on any atom is -0.493 e. The summed E-state index contributed by atoms with van der Waals surface area (Å²) in [6.45, 7) is 2.15. The van der Waals surface area contributed by atoms with Crippen molar-refractivity contribution in [2.75, 3.05) is 18.9 Å². The van der Waals surface area contributed by atoms with Gasteiger partial charge in [-0.1, -0.05) is 31.9 Å². The van der Waals surface area contributed by atoms with E-state index in [0.717, 1.165) is 37.3 Å². The van der Waals surface area contributed by atoms with Gasteiger partial charge in [-0.3, -0.25) is 4.72 Å². The van der Waals surface area contributed by atoms with E-state index in [0.29, 0.717) is 11.3 Å². The van der Waals surface area contributed by atoms with Gasteiger partial charge in [0, 0.05) is 11.8 Å². The van der Waals surface area contributed by atoms with Gasteiger partial charge < -0.3 is 14.6 Å².